The van der Waals surface area contributed by atoms with Gasteiger partial charge in [-0.3, -0.25) is 43.4 Å². The third-order valence-corrected chi connectivity index (χ3v) is 13.3. The number of amides is 4. The largest absolute Gasteiger partial charge is 0.444 e. The average Bonchev–Trinajstić information content (AvgIpc) is 3.75. The number of imidazole rings is 1. The van der Waals surface area contributed by atoms with Crippen LogP contribution in [0.4, 0.5) is 20.3 Å². The molecule has 6 aromatic rings. The standard InChI is InChI=1S/C48H52F2N12O7/c1-58-39-20-29(4-9-37(39)62(48(58)67)38-10-11-41(63)56-46(38)66)25-60-16-14-59(15-17-60)18-19-68-34-22-32(23-34)53-44(64)30-5-7-33(8-6-30)61-26-35(42(57-61)43(49)50)54-45(65)36-27-69-47(55-36)31-12-13-51-40(21-31)52-24-28-2-3-28/h4-9,12-13,20-21,26-28,32,34,38,43H,2-3,10-11,14-19,22-25H2,1H3,(H,51,52)(H,53,64)(H,54,65)(H,56,63,66). The van der Waals surface area contributed by atoms with Crippen LogP contribution in [0.5, 0.6) is 0 Å². The van der Waals surface area contributed by atoms with Crippen molar-refractivity contribution in [2.24, 2.45) is 13.0 Å². The van der Waals surface area contributed by atoms with E-state index < -0.39 is 30.0 Å². The smallest absolute Gasteiger partial charge is 0.329 e. The molecule has 19 nitrogen and oxygen atoms in total. The van der Waals surface area contributed by atoms with Crippen LogP contribution in [0.3, 0.4) is 0 Å². The van der Waals surface area contributed by atoms with Gasteiger partial charge in [0.1, 0.15) is 18.1 Å². The van der Waals surface area contributed by atoms with E-state index in [1.54, 1.807) is 54.2 Å². The van der Waals surface area contributed by atoms with Crippen LogP contribution in [0.25, 0.3) is 28.2 Å². The summed E-state index contributed by atoms with van der Waals surface area (Å²) in [6.45, 7) is 6.47. The maximum absolute atomic E-state index is 14.1. The molecule has 2 aliphatic heterocycles. The number of halogens is 2. The van der Waals surface area contributed by atoms with Crippen molar-refractivity contribution in [3.63, 3.8) is 0 Å². The number of aromatic nitrogens is 6. The summed E-state index contributed by atoms with van der Waals surface area (Å²) in [4.78, 5) is 77.0. The van der Waals surface area contributed by atoms with Gasteiger partial charge in [0.2, 0.25) is 17.7 Å². The number of oxazole rings is 1. The first-order chi connectivity index (χ1) is 33.4. The van der Waals surface area contributed by atoms with Crippen LogP contribution >= 0.6 is 0 Å². The number of nitrogens with one attached hydrogen (secondary N) is 4. The summed E-state index contributed by atoms with van der Waals surface area (Å²) in [6, 6.07) is 15.0. The second-order valence-electron chi connectivity index (χ2n) is 18.2. The van der Waals surface area contributed by atoms with Gasteiger partial charge in [0, 0.05) is 82.6 Å². The number of piperazine rings is 1. The van der Waals surface area contributed by atoms with E-state index in [2.05, 4.69) is 46.1 Å². The number of anilines is 2. The topological polar surface area (TPSA) is 216 Å². The maximum Gasteiger partial charge on any atom is 0.329 e. The number of carbonyl (C=O) groups excluding carboxylic acids is 4. The van der Waals surface area contributed by atoms with E-state index in [0.29, 0.717) is 59.9 Å². The van der Waals surface area contributed by atoms with Gasteiger partial charge in [0.05, 0.1) is 41.3 Å². The lowest BCUT2D eigenvalue weighted by atomic mass is 9.89. The predicted molar refractivity (Wildman–Crippen MR) is 248 cm³/mol. The van der Waals surface area contributed by atoms with Crippen molar-refractivity contribution in [2.45, 2.75) is 69.7 Å². The van der Waals surface area contributed by atoms with Gasteiger partial charge in [-0.15, -0.1) is 0 Å². The van der Waals surface area contributed by atoms with Crippen LogP contribution in [0.2, 0.25) is 0 Å². The van der Waals surface area contributed by atoms with Crippen LogP contribution in [0, 0.1) is 5.92 Å². The highest BCUT2D eigenvalue weighted by Crippen LogP contribution is 2.31. The molecule has 360 valence electrons. The number of piperidine rings is 1. The Hall–Kier alpha value is -7.10. The summed E-state index contributed by atoms with van der Waals surface area (Å²) in [5.41, 5.74) is 2.71. The Morgan fingerprint density at radius 1 is 0.942 bits per heavy atom. The summed E-state index contributed by atoms with van der Waals surface area (Å²) < 4.78 is 44.2. The van der Waals surface area contributed by atoms with Crippen molar-refractivity contribution in [1.82, 2.24) is 49.3 Å². The predicted octanol–water partition coefficient (Wildman–Crippen LogP) is 4.66. The summed E-state index contributed by atoms with van der Waals surface area (Å²) in [5, 5.41) is 15.2. The number of aryl methyl sites for hydroxylation is 1. The Bertz CT molecular complexity index is 2950. The minimum absolute atomic E-state index is 0.0360. The van der Waals surface area contributed by atoms with E-state index in [-0.39, 0.29) is 53.3 Å². The molecule has 4 fully saturated rings. The third-order valence-electron chi connectivity index (χ3n) is 13.3. The first-order valence-corrected chi connectivity index (χ1v) is 23.3. The van der Waals surface area contributed by atoms with Crippen LogP contribution in [0.15, 0.2) is 82.5 Å². The van der Waals surface area contributed by atoms with Gasteiger partial charge in [-0.25, -0.2) is 28.2 Å². The molecule has 4 aromatic heterocycles. The lowest BCUT2D eigenvalue weighted by Gasteiger charge is -2.37. The Kier molecular flexibility index (Phi) is 12.9. The average molecular weight is 947 g/mol. The molecule has 0 spiro atoms. The van der Waals surface area contributed by atoms with Gasteiger partial charge in [-0.2, -0.15) is 5.10 Å². The number of imide groups is 1. The molecule has 10 rings (SSSR count). The zero-order chi connectivity index (χ0) is 47.8. The number of alkyl halides is 2. The number of rotatable bonds is 17. The zero-order valence-corrected chi connectivity index (χ0v) is 37.9. The summed E-state index contributed by atoms with van der Waals surface area (Å²) in [6.07, 6.45) is 5.39. The first kappa shape index (κ1) is 45.7. The quantitative estimate of drug-likeness (QED) is 0.0917. The van der Waals surface area contributed by atoms with Gasteiger partial charge in [-0.05, 0) is 92.1 Å². The molecule has 4 aliphatic rings. The molecule has 2 aliphatic carbocycles. The number of benzene rings is 2. The fourth-order valence-corrected chi connectivity index (χ4v) is 9.07. The molecule has 21 heteroatoms. The van der Waals surface area contributed by atoms with Crippen molar-refractivity contribution >= 4 is 46.2 Å². The van der Waals surface area contributed by atoms with Gasteiger partial charge in [0.25, 0.3) is 18.2 Å². The number of fused-ring (bicyclic) bond motifs is 1. The number of nitrogens with zero attached hydrogens (tertiary/aromatic N) is 8. The van der Waals surface area contributed by atoms with E-state index in [1.807, 2.05) is 18.2 Å². The van der Waals surface area contributed by atoms with Gasteiger partial charge in [-0.1, -0.05) is 6.07 Å². The van der Waals surface area contributed by atoms with Crippen molar-refractivity contribution in [3.8, 4) is 17.1 Å². The van der Waals surface area contributed by atoms with Gasteiger partial charge < -0.3 is 25.1 Å². The second kappa shape index (κ2) is 19.5. The minimum atomic E-state index is -2.98. The number of hydrogen-bond donors (Lipinski definition) is 4. The van der Waals surface area contributed by atoms with Crippen molar-refractivity contribution in [2.75, 3.05) is 56.5 Å². The van der Waals surface area contributed by atoms with E-state index >= 15 is 0 Å². The van der Waals surface area contributed by atoms with Crippen LogP contribution in [-0.2, 0) is 27.9 Å². The molecule has 0 bridgehead atoms. The molecule has 6 heterocycles. The molecule has 1 atom stereocenters. The number of carbonyl (C=O) groups is 4. The highest BCUT2D eigenvalue weighted by Gasteiger charge is 2.33. The molecule has 2 saturated carbocycles. The third kappa shape index (κ3) is 10.2. The number of hydrogen-bond acceptors (Lipinski definition) is 13. The Morgan fingerprint density at radius 3 is 2.48 bits per heavy atom. The van der Waals surface area contributed by atoms with E-state index in [1.165, 1.54) is 28.3 Å². The van der Waals surface area contributed by atoms with E-state index in [0.717, 1.165) is 63.2 Å². The Morgan fingerprint density at radius 2 is 1.72 bits per heavy atom. The van der Waals surface area contributed by atoms with Gasteiger partial charge in [0.15, 0.2) is 11.4 Å². The van der Waals surface area contributed by atoms with Gasteiger partial charge >= 0.3 is 5.69 Å². The lowest BCUT2D eigenvalue weighted by molar-refractivity contribution is -0.135. The summed E-state index contributed by atoms with van der Waals surface area (Å²) in [7, 11) is 1.70. The molecule has 1 unspecified atom stereocenters. The SMILES string of the molecule is Cn1c(=O)n(C2CCC(=O)NC2=O)c2ccc(CN3CCN(CCOC4CC(NC(=O)c5ccc(-n6cc(NC(=O)c7coc(-c8ccnc(NCC9CC9)c8)n7)c(C(F)F)n6)cc5)C4)CC3)cc21. The second-order valence-corrected chi connectivity index (χ2v) is 18.2. The molecule has 2 aromatic carbocycles. The maximum atomic E-state index is 14.1. The molecular weight excluding hydrogens is 895 g/mol. The van der Waals surface area contributed by atoms with Crippen molar-refractivity contribution in [1.29, 1.82) is 0 Å². The molecule has 69 heavy (non-hydrogen) atoms. The molecule has 2 saturated heterocycles. The van der Waals surface area contributed by atoms with Crippen molar-refractivity contribution in [3.05, 3.63) is 106 Å². The fraction of sp³-hybridized carbons (Fsp3) is 0.417. The van der Waals surface area contributed by atoms with E-state index in [9.17, 15) is 32.8 Å². The Balaban J connectivity index is 0.647. The fourth-order valence-electron chi connectivity index (χ4n) is 9.07. The summed E-state index contributed by atoms with van der Waals surface area (Å²) in [5.74, 6) is -0.289. The monoisotopic (exact) mass is 946 g/mol. The normalized spacial score (nSPS) is 20.0. The molecule has 4 N–H and O–H groups in total. The zero-order valence-electron chi connectivity index (χ0n) is 37.9. The molecular formula is C48H52F2N12O7. The lowest BCUT2D eigenvalue weighted by Crippen LogP contribution is -2.49. The van der Waals surface area contributed by atoms with E-state index in [4.69, 9.17) is 9.15 Å². The van der Waals surface area contributed by atoms with Crippen LogP contribution in [0.1, 0.15) is 83.1 Å². The van der Waals surface area contributed by atoms with Crippen LogP contribution in [-0.4, -0.2) is 120 Å². The Labute approximate surface area is 394 Å². The molecule has 4 amide bonds. The summed E-state index contributed by atoms with van der Waals surface area (Å²) >= 11 is 0. The minimum Gasteiger partial charge on any atom is -0.444 e. The highest BCUT2D eigenvalue weighted by molar-refractivity contribution is 6.03. The number of pyridine rings is 1. The van der Waals surface area contributed by atoms with Crippen LogP contribution < -0.4 is 27.0 Å². The molecule has 0 radical (unpaired) electrons. The van der Waals surface area contributed by atoms with Crippen molar-refractivity contribution < 1.29 is 37.1 Å². The first-order valence-electron chi connectivity index (χ1n) is 23.3. The number of ether oxygens (including phenoxy) is 1. The highest BCUT2D eigenvalue weighted by atomic mass is 19.3.